The standard InChI is InChI=1S/C3H8.C3H6.C2H7N/c2*1-3-2;1-2-3/h3H2,1-2H3;3H,1H2,2H3;2-3H2,1H3. The Morgan fingerprint density at radius 2 is 1.33 bits per heavy atom. The lowest BCUT2D eigenvalue weighted by Gasteiger charge is -1.53. The average Bonchev–Trinajstić information content (AvgIpc) is 1.70. The molecule has 58 valence electrons. The highest BCUT2D eigenvalue weighted by atomic mass is 14.5. The van der Waals surface area contributed by atoms with Gasteiger partial charge < -0.3 is 5.73 Å². The highest BCUT2D eigenvalue weighted by molar-refractivity contribution is 4.51. The molecule has 0 aliphatic heterocycles. The molecular formula is C8H21N. The van der Waals surface area contributed by atoms with Crippen LogP contribution in [0.25, 0.3) is 0 Å². The lowest BCUT2D eigenvalue weighted by molar-refractivity contribution is 1.09. The molecule has 0 radical (unpaired) electrons. The van der Waals surface area contributed by atoms with Crippen molar-refractivity contribution < 1.29 is 0 Å². The first kappa shape index (κ1) is 15.9. The van der Waals surface area contributed by atoms with Crippen LogP contribution in [0.15, 0.2) is 12.7 Å². The Bertz CT molecular complexity index is 23.7. The van der Waals surface area contributed by atoms with Crippen LogP contribution in [0.5, 0.6) is 0 Å². The minimum Gasteiger partial charge on any atom is -0.331 e. The molecule has 0 fully saturated rings. The molecule has 0 aromatic rings. The summed E-state index contributed by atoms with van der Waals surface area (Å²) in [4.78, 5) is 0. The van der Waals surface area contributed by atoms with Gasteiger partial charge in [-0.1, -0.05) is 33.3 Å². The van der Waals surface area contributed by atoms with Gasteiger partial charge in [-0.2, -0.15) is 0 Å². The van der Waals surface area contributed by atoms with Crippen molar-refractivity contribution in [3.63, 3.8) is 0 Å². The van der Waals surface area contributed by atoms with E-state index < -0.39 is 0 Å². The van der Waals surface area contributed by atoms with E-state index in [0.717, 1.165) is 6.54 Å². The average molecular weight is 131 g/mol. The summed E-state index contributed by atoms with van der Waals surface area (Å²) in [6.45, 7) is 12.2. The Kier molecular flexibility index (Phi) is 83.6. The van der Waals surface area contributed by atoms with Gasteiger partial charge in [-0.3, -0.25) is 0 Å². The molecule has 0 bridgehead atoms. The maximum absolute atomic E-state index is 4.85. The van der Waals surface area contributed by atoms with Gasteiger partial charge in [0, 0.05) is 0 Å². The Balaban J connectivity index is -0.0000000600. The molecule has 0 unspecified atom stereocenters. The lowest BCUT2D eigenvalue weighted by Crippen LogP contribution is -1.87. The summed E-state index contributed by atoms with van der Waals surface area (Å²) in [5, 5.41) is 0. The minimum atomic E-state index is 0.750. The van der Waals surface area contributed by atoms with Crippen molar-refractivity contribution in [2.75, 3.05) is 6.54 Å². The van der Waals surface area contributed by atoms with Crippen molar-refractivity contribution in [2.45, 2.75) is 34.1 Å². The Hall–Kier alpha value is -0.300. The molecular weight excluding hydrogens is 110 g/mol. The van der Waals surface area contributed by atoms with Gasteiger partial charge in [0.15, 0.2) is 0 Å². The van der Waals surface area contributed by atoms with Crippen LogP contribution in [0, 0.1) is 0 Å². The quantitative estimate of drug-likeness (QED) is 0.502. The van der Waals surface area contributed by atoms with E-state index in [1.165, 1.54) is 6.42 Å². The predicted molar refractivity (Wildman–Crippen MR) is 46.6 cm³/mol. The Morgan fingerprint density at radius 3 is 1.33 bits per heavy atom. The molecule has 0 aliphatic carbocycles. The summed E-state index contributed by atoms with van der Waals surface area (Å²) >= 11 is 0. The number of allylic oxidation sites excluding steroid dienone is 1. The Morgan fingerprint density at radius 1 is 1.33 bits per heavy atom. The van der Waals surface area contributed by atoms with E-state index in [-0.39, 0.29) is 0 Å². The van der Waals surface area contributed by atoms with E-state index in [4.69, 9.17) is 5.73 Å². The van der Waals surface area contributed by atoms with Crippen molar-refractivity contribution in [3.8, 4) is 0 Å². The molecule has 0 aromatic heterocycles. The third-order valence-corrected chi connectivity index (χ3v) is 0. The monoisotopic (exact) mass is 131 g/mol. The summed E-state index contributed by atoms with van der Waals surface area (Å²) < 4.78 is 0. The second kappa shape index (κ2) is 47.4. The molecule has 0 amide bonds. The van der Waals surface area contributed by atoms with E-state index in [0.29, 0.717) is 0 Å². The van der Waals surface area contributed by atoms with E-state index in [2.05, 4.69) is 20.4 Å². The molecule has 1 heteroatoms. The first-order valence-corrected chi connectivity index (χ1v) is 3.52. The van der Waals surface area contributed by atoms with Gasteiger partial charge in [-0.25, -0.2) is 0 Å². The lowest BCUT2D eigenvalue weighted by atomic mass is 10.6. The number of hydrogen-bond donors (Lipinski definition) is 1. The smallest absolute Gasteiger partial charge is 0.0106 e. The molecule has 0 saturated heterocycles. The van der Waals surface area contributed by atoms with Gasteiger partial charge in [0.2, 0.25) is 0 Å². The maximum Gasteiger partial charge on any atom is -0.0106 e. The zero-order valence-electron chi connectivity index (χ0n) is 7.28. The largest absolute Gasteiger partial charge is 0.331 e. The molecule has 0 saturated carbocycles. The van der Waals surface area contributed by atoms with Crippen LogP contribution in [-0.4, -0.2) is 6.54 Å². The van der Waals surface area contributed by atoms with Crippen molar-refractivity contribution in [2.24, 2.45) is 5.73 Å². The van der Waals surface area contributed by atoms with E-state index in [1.807, 2.05) is 13.8 Å². The van der Waals surface area contributed by atoms with Crippen LogP contribution in [-0.2, 0) is 0 Å². The van der Waals surface area contributed by atoms with Gasteiger partial charge in [0.1, 0.15) is 0 Å². The second-order valence-electron chi connectivity index (χ2n) is 1.52. The third kappa shape index (κ3) is 2780. The van der Waals surface area contributed by atoms with Gasteiger partial charge in [-0.05, 0) is 13.5 Å². The zero-order chi connectivity index (χ0) is 8.12. The maximum atomic E-state index is 4.85. The van der Waals surface area contributed by atoms with Crippen LogP contribution in [0.4, 0.5) is 0 Å². The second-order valence-corrected chi connectivity index (χ2v) is 1.52. The fraction of sp³-hybridized carbons (Fsp3) is 0.750. The van der Waals surface area contributed by atoms with Crippen LogP contribution in [0.3, 0.4) is 0 Å². The number of nitrogens with two attached hydrogens (primary N) is 1. The van der Waals surface area contributed by atoms with Gasteiger partial charge in [-0.15, -0.1) is 6.58 Å². The molecule has 9 heavy (non-hydrogen) atoms. The highest BCUT2D eigenvalue weighted by Gasteiger charge is 1.35. The molecule has 0 spiro atoms. The van der Waals surface area contributed by atoms with Crippen molar-refractivity contribution >= 4 is 0 Å². The summed E-state index contributed by atoms with van der Waals surface area (Å²) in [7, 11) is 0. The van der Waals surface area contributed by atoms with E-state index in [9.17, 15) is 0 Å². The van der Waals surface area contributed by atoms with Crippen molar-refractivity contribution in [3.05, 3.63) is 12.7 Å². The van der Waals surface area contributed by atoms with Gasteiger partial charge >= 0.3 is 0 Å². The van der Waals surface area contributed by atoms with Crippen LogP contribution in [0.2, 0.25) is 0 Å². The molecule has 0 aliphatic rings. The normalized spacial score (nSPS) is 5.44. The first-order valence-electron chi connectivity index (χ1n) is 3.52. The van der Waals surface area contributed by atoms with Crippen LogP contribution < -0.4 is 5.73 Å². The van der Waals surface area contributed by atoms with Gasteiger partial charge in [0.25, 0.3) is 0 Å². The fourth-order valence-electron chi connectivity index (χ4n) is 0. The van der Waals surface area contributed by atoms with Crippen molar-refractivity contribution in [1.29, 1.82) is 0 Å². The molecule has 1 nitrogen and oxygen atoms in total. The molecule has 0 atom stereocenters. The molecule has 0 rings (SSSR count). The summed E-state index contributed by atoms with van der Waals surface area (Å²) in [5.74, 6) is 0. The van der Waals surface area contributed by atoms with Crippen LogP contribution >= 0.6 is 0 Å². The zero-order valence-corrected chi connectivity index (χ0v) is 7.28. The first-order chi connectivity index (χ1) is 4.24. The topological polar surface area (TPSA) is 26.0 Å². The number of hydrogen-bond acceptors (Lipinski definition) is 1. The molecule has 0 heterocycles. The SMILES string of the molecule is C=CC.CCC.CCN. The fourth-order valence-corrected chi connectivity index (χ4v) is 0. The van der Waals surface area contributed by atoms with Crippen molar-refractivity contribution in [1.82, 2.24) is 0 Å². The van der Waals surface area contributed by atoms with E-state index in [1.54, 1.807) is 6.08 Å². The molecule has 0 aromatic carbocycles. The summed E-state index contributed by atoms with van der Waals surface area (Å²) in [6, 6.07) is 0. The summed E-state index contributed by atoms with van der Waals surface area (Å²) in [5.41, 5.74) is 4.85. The predicted octanol–water partition coefficient (Wildman–Crippen LogP) is 2.57. The Labute approximate surface area is 60.0 Å². The minimum absolute atomic E-state index is 0.750. The highest BCUT2D eigenvalue weighted by Crippen LogP contribution is 1.56. The molecule has 2 N–H and O–H groups in total. The van der Waals surface area contributed by atoms with E-state index >= 15 is 0 Å². The number of rotatable bonds is 0. The van der Waals surface area contributed by atoms with Gasteiger partial charge in [0.05, 0.1) is 0 Å². The third-order valence-electron chi connectivity index (χ3n) is 0. The van der Waals surface area contributed by atoms with Crippen LogP contribution in [0.1, 0.15) is 34.1 Å². The summed E-state index contributed by atoms with van der Waals surface area (Å²) in [6.07, 6.45) is 3.00.